The van der Waals surface area contributed by atoms with Crippen molar-refractivity contribution < 1.29 is 9.90 Å². The van der Waals surface area contributed by atoms with E-state index in [1.54, 1.807) is 12.2 Å². The van der Waals surface area contributed by atoms with Gasteiger partial charge in [0.1, 0.15) is 5.70 Å². The molecule has 0 aliphatic carbocycles. The molecule has 1 amide bonds. The number of nitrogens with two attached hydrogens (primary N) is 1. The summed E-state index contributed by atoms with van der Waals surface area (Å²) in [6, 6.07) is 0. The van der Waals surface area contributed by atoms with Crippen LogP contribution in [0.3, 0.4) is 0 Å². The van der Waals surface area contributed by atoms with Gasteiger partial charge in [0.15, 0.2) is 0 Å². The molecule has 0 spiro atoms. The summed E-state index contributed by atoms with van der Waals surface area (Å²) in [6.45, 7) is 0.617. The number of likely N-dealkylation sites (N-methyl/N-ethyl adjacent to an activating group) is 1. The number of aliphatic hydroxyl groups is 1. The lowest BCUT2D eigenvalue weighted by molar-refractivity contribution is -0.115. The second-order valence-corrected chi connectivity index (χ2v) is 3.12. The highest BCUT2D eigenvalue weighted by Crippen LogP contribution is 2.04. The summed E-state index contributed by atoms with van der Waals surface area (Å²) in [4.78, 5) is 12.8. The first-order valence-corrected chi connectivity index (χ1v) is 4.41. The molecule has 1 heterocycles. The van der Waals surface area contributed by atoms with Gasteiger partial charge in [0.25, 0.3) is 5.91 Å². The quantitative estimate of drug-likeness (QED) is 0.527. The molecule has 0 radical (unpaired) electrons. The van der Waals surface area contributed by atoms with Crippen molar-refractivity contribution in [3.05, 3.63) is 23.9 Å². The SMILES string of the molecule is CN(CCO)[C@H]1C=CC=C(C(N)=O)N1. The third kappa shape index (κ3) is 2.58. The zero-order valence-corrected chi connectivity index (χ0v) is 8.10. The van der Waals surface area contributed by atoms with E-state index in [0.717, 1.165) is 0 Å². The van der Waals surface area contributed by atoms with E-state index in [1.165, 1.54) is 0 Å². The van der Waals surface area contributed by atoms with Crippen molar-refractivity contribution in [3.8, 4) is 0 Å². The maximum Gasteiger partial charge on any atom is 0.264 e. The predicted molar refractivity (Wildman–Crippen MR) is 53.1 cm³/mol. The third-order valence-corrected chi connectivity index (χ3v) is 2.05. The molecule has 0 fully saturated rings. The minimum absolute atomic E-state index is 0.0815. The minimum Gasteiger partial charge on any atom is -0.395 e. The number of allylic oxidation sites excluding steroid dienone is 2. The molecule has 78 valence electrons. The van der Waals surface area contributed by atoms with E-state index in [1.807, 2.05) is 18.0 Å². The number of carbonyl (C=O) groups excluding carboxylic acids is 1. The van der Waals surface area contributed by atoms with Gasteiger partial charge in [0, 0.05) is 6.54 Å². The normalized spacial score (nSPS) is 20.5. The summed E-state index contributed by atoms with van der Waals surface area (Å²) in [5.41, 5.74) is 5.52. The van der Waals surface area contributed by atoms with E-state index in [0.29, 0.717) is 12.2 Å². The minimum atomic E-state index is -0.475. The zero-order chi connectivity index (χ0) is 10.6. The molecule has 0 bridgehead atoms. The highest BCUT2D eigenvalue weighted by molar-refractivity contribution is 5.91. The first-order valence-electron chi connectivity index (χ1n) is 4.41. The molecule has 14 heavy (non-hydrogen) atoms. The number of hydrogen-bond donors (Lipinski definition) is 3. The first-order chi connectivity index (χ1) is 6.65. The average molecular weight is 197 g/mol. The summed E-state index contributed by atoms with van der Waals surface area (Å²) in [7, 11) is 1.85. The molecule has 0 aromatic carbocycles. The van der Waals surface area contributed by atoms with Gasteiger partial charge in [-0.05, 0) is 19.2 Å². The first kappa shape index (κ1) is 10.7. The van der Waals surface area contributed by atoms with Gasteiger partial charge in [-0.3, -0.25) is 9.69 Å². The van der Waals surface area contributed by atoms with E-state index in [2.05, 4.69) is 5.32 Å². The molecule has 0 aromatic rings. The Hall–Kier alpha value is -1.33. The molecule has 0 aromatic heterocycles. The van der Waals surface area contributed by atoms with Gasteiger partial charge >= 0.3 is 0 Å². The molecular weight excluding hydrogens is 182 g/mol. The maximum absolute atomic E-state index is 10.9. The fourth-order valence-electron chi connectivity index (χ4n) is 1.22. The molecule has 0 saturated carbocycles. The summed E-state index contributed by atoms with van der Waals surface area (Å²) in [5.74, 6) is -0.475. The molecule has 4 N–H and O–H groups in total. The van der Waals surface area contributed by atoms with Crippen LogP contribution in [0.5, 0.6) is 0 Å². The lowest BCUT2D eigenvalue weighted by Gasteiger charge is -2.28. The topological polar surface area (TPSA) is 78.6 Å². The largest absolute Gasteiger partial charge is 0.395 e. The Morgan fingerprint density at radius 3 is 3.07 bits per heavy atom. The number of carbonyl (C=O) groups is 1. The molecule has 1 aliphatic heterocycles. The second-order valence-electron chi connectivity index (χ2n) is 3.12. The van der Waals surface area contributed by atoms with Crippen molar-refractivity contribution in [1.29, 1.82) is 0 Å². The highest BCUT2D eigenvalue weighted by Gasteiger charge is 2.16. The predicted octanol–water partition coefficient (Wildman–Crippen LogP) is -1.23. The van der Waals surface area contributed by atoms with Gasteiger partial charge in [0.05, 0.1) is 12.8 Å². The lowest BCUT2D eigenvalue weighted by atomic mass is 10.2. The molecule has 0 unspecified atom stereocenters. The maximum atomic E-state index is 10.9. The van der Waals surface area contributed by atoms with Gasteiger partial charge in [-0.2, -0.15) is 0 Å². The molecule has 5 heteroatoms. The number of hydrogen-bond acceptors (Lipinski definition) is 4. The van der Waals surface area contributed by atoms with Crippen LogP contribution in [0.4, 0.5) is 0 Å². The van der Waals surface area contributed by atoms with Crippen molar-refractivity contribution in [2.75, 3.05) is 20.2 Å². The third-order valence-electron chi connectivity index (χ3n) is 2.05. The fraction of sp³-hybridized carbons (Fsp3) is 0.444. The number of rotatable bonds is 4. The van der Waals surface area contributed by atoms with Crippen LogP contribution < -0.4 is 11.1 Å². The summed E-state index contributed by atoms with van der Waals surface area (Å²) in [6.07, 6.45) is 5.21. The van der Waals surface area contributed by atoms with Crippen LogP contribution in [0.15, 0.2) is 23.9 Å². The Morgan fingerprint density at radius 2 is 2.50 bits per heavy atom. The number of aliphatic hydroxyl groups excluding tert-OH is 1. The Bertz CT molecular complexity index is 273. The van der Waals surface area contributed by atoms with Gasteiger partial charge in [-0.15, -0.1) is 0 Å². The van der Waals surface area contributed by atoms with E-state index < -0.39 is 5.91 Å². The smallest absolute Gasteiger partial charge is 0.264 e. The number of dihydropyridines is 1. The van der Waals surface area contributed by atoms with Crippen LogP contribution in [0, 0.1) is 0 Å². The Balaban J connectivity index is 2.58. The molecule has 1 rings (SSSR count). The molecule has 1 atom stereocenters. The number of nitrogens with one attached hydrogen (secondary N) is 1. The highest BCUT2D eigenvalue weighted by atomic mass is 16.3. The molecule has 0 saturated heterocycles. The van der Waals surface area contributed by atoms with Crippen molar-refractivity contribution in [2.45, 2.75) is 6.17 Å². The van der Waals surface area contributed by atoms with Crippen LogP contribution >= 0.6 is 0 Å². The van der Waals surface area contributed by atoms with Crippen LogP contribution in [-0.2, 0) is 4.79 Å². The van der Waals surface area contributed by atoms with Crippen LogP contribution in [0.25, 0.3) is 0 Å². The van der Waals surface area contributed by atoms with Crippen LogP contribution in [-0.4, -0.2) is 42.3 Å². The molecule has 5 nitrogen and oxygen atoms in total. The van der Waals surface area contributed by atoms with Gasteiger partial charge < -0.3 is 16.2 Å². The van der Waals surface area contributed by atoms with E-state index >= 15 is 0 Å². The van der Waals surface area contributed by atoms with Gasteiger partial charge in [-0.1, -0.05) is 6.08 Å². The summed E-state index contributed by atoms with van der Waals surface area (Å²) < 4.78 is 0. The monoisotopic (exact) mass is 197 g/mol. The van der Waals surface area contributed by atoms with E-state index in [4.69, 9.17) is 10.8 Å². The summed E-state index contributed by atoms with van der Waals surface area (Å²) in [5, 5.41) is 11.7. The Kier molecular flexibility index (Phi) is 3.67. The van der Waals surface area contributed by atoms with Crippen LogP contribution in [0.2, 0.25) is 0 Å². The second kappa shape index (κ2) is 4.78. The fourth-order valence-corrected chi connectivity index (χ4v) is 1.22. The Labute approximate surface area is 82.9 Å². The van der Waals surface area contributed by atoms with Crippen molar-refractivity contribution in [2.24, 2.45) is 5.73 Å². The number of primary amides is 1. The Morgan fingerprint density at radius 1 is 1.79 bits per heavy atom. The van der Waals surface area contributed by atoms with E-state index in [-0.39, 0.29) is 12.8 Å². The van der Waals surface area contributed by atoms with E-state index in [9.17, 15) is 4.79 Å². The zero-order valence-electron chi connectivity index (χ0n) is 8.10. The van der Waals surface area contributed by atoms with Gasteiger partial charge in [0.2, 0.25) is 0 Å². The lowest BCUT2D eigenvalue weighted by Crippen LogP contribution is -2.46. The van der Waals surface area contributed by atoms with Gasteiger partial charge in [-0.25, -0.2) is 0 Å². The van der Waals surface area contributed by atoms with Crippen LogP contribution in [0.1, 0.15) is 0 Å². The van der Waals surface area contributed by atoms with Crippen molar-refractivity contribution in [3.63, 3.8) is 0 Å². The van der Waals surface area contributed by atoms with Crippen molar-refractivity contribution >= 4 is 5.91 Å². The summed E-state index contributed by atoms with van der Waals surface area (Å²) >= 11 is 0. The number of amides is 1. The molecule has 1 aliphatic rings. The van der Waals surface area contributed by atoms with Crippen molar-refractivity contribution in [1.82, 2.24) is 10.2 Å². The standard InChI is InChI=1S/C9H15N3O2/c1-12(5-6-13)8-4-2-3-7(11-8)9(10)14/h2-4,8,11,13H,5-6H2,1H3,(H2,10,14)/t8-/m0/s1. The molecular formula is C9H15N3O2. The number of nitrogens with zero attached hydrogens (tertiary/aromatic N) is 1. The average Bonchev–Trinajstić information content (AvgIpc) is 2.18.